The van der Waals surface area contributed by atoms with E-state index in [0.29, 0.717) is 0 Å². The summed E-state index contributed by atoms with van der Waals surface area (Å²) in [4.78, 5) is 0. The van der Waals surface area contributed by atoms with Crippen LogP contribution < -0.4 is 5.32 Å². The highest BCUT2D eigenvalue weighted by atomic mass is 14.9. The quantitative estimate of drug-likeness (QED) is 0.680. The van der Waals surface area contributed by atoms with Gasteiger partial charge in [0.15, 0.2) is 0 Å². The van der Waals surface area contributed by atoms with E-state index in [0.717, 1.165) is 19.0 Å². The second-order valence-electron chi connectivity index (χ2n) is 5.39. The summed E-state index contributed by atoms with van der Waals surface area (Å²) in [6, 6.07) is 3.14. The Morgan fingerprint density at radius 3 is 2.53 bits per heavy atom. The lowest BCUT2D eigenvalue weighted by Gasteiger charge is -2.15. The molecule has 0 heterocycles. The molecule has 86 valence electrons. The molecule has 1 rings (SSSR count). The van der Waals surface area contributed by atoms with Gasteiger partial charge < -0.3 is 5.32 Å². The van der Waals surface area contributed by atoms with E-state index in [1.807, 2.05) is 13.8 Å². The summed E-state index contributed by atoms with van der Waals surface area (Å²) in [5.41, 5.74) is -0.132. The molecule has 1 N–H and O–H groups in total. The number of nitrogens with zero attached hydrogens (tertiary/aromatic N) is 1. The van der Waals surface area contributed by atoms with Crippen LogP contribution in [0.1, 0.15) is 58.8 Å². The van der Waals surface area contributed by atoms with Gasteiger partial charge in [-0.1, -0.05) is 19.3 Å². The molecule has 0 amide bonds. The normalized spacial score (nSPS) is 17.9. The van der Waals surface area contributed by atoms with Crippen LogP contribution in [0.4, 0.5) is 0 Å². The Kier molecular flexibility index (Phi) is 5.11. The highest BCUT2D eigenvalue weighted by Gasteiger charge is 2.16. The largest absolute Gasteiger partial charge is 0.314 e. The molecule has 0 aromatic carbocycles. The van der Waals surface area contributed by atoms with Crippen molar-refractivity contribution in [2.24, 2.45) is 5.41 Å². The molecule has 0 aromatic rings. The van der Waals surface area contributed by atoms with Gasteiger partial charge in [-0.05, 0) is 46.1 Å². The first-order valence-electron chi connectivity index (χ1n) is 6.29. The van der Waals surface area contributed by atoms with Crippen molar-refractivity contribution < 1.29 is 0 Å². The summed E-state index contributed by atoms with van der Waals surface area (Å²) in [5.74, 6) is 0. The zero-order chi connectivity index (χ0) is 11.1. The molecule has 2 nitrogen and oxygen atoms in total. The first kappa shape index (κ1) is 12.5. The Hall–Kier alpha value is -0.550. The van der Waals surface area contributed by atoms with Gasteiger partial charge in [0, 0.05) is 6.04 Å². The maximum Gasteiger partial charge on any atom is 0.0683 e. The number of nitrogens with one attached hydrogen (secondary N) is 1. The van der Waals surface area contributed by atoms with Crippen LogP contribution in [0.5, 0.6) is 0 Å². The number of hydrogen-bond acceptors (Lipinski definition) is 2. The van der Waals surface area contributed by atoms with Crippen molar-refractivity contribution in [2.75, 3.05) is 6.54 Å². The minimum atomic E-state index is -0.132. The van der Waals surface area contributed by atoms with E-state index >= 15 is 0 Å². The third kappa shape index (κ3) is 5.18. The molecular weight excluding hydrogens is 184 g/mol. The van der Waals surface area contributed by atoms with Gasteiger partial charge in [-0.15, -0.1) is 0 Å². The van der Waals surface area contributed by atoms with Crippen molar-refractivity contribution >= 4 is 0 Å². The second-order valence-corrected chi connectivity index (χ2v) is 5.39. The van der Waals surface area contributed by atoms with Gasteiger partial charge in [-0.2, -0.15) is 5.26 Å². The van der Waals surface area contributed by atoms with Crippen LogP contribution in [0.3, 0.4) is 0 Å². The molecule has 0 aliphatic heterocycles. The monoisotopic (exact) mass is 208 g/mol. The molecule has 0 saturated heterocycles. The van der Waals surface area contributed by atoms with E-state index in [1.165, 1.54) is 38.5 Å². The first-order chi connectivity index (χ1) is 7.14. The van der Waals surface area contributed by atoms with Crippen molar-refractivity contribution in [1.29, 1.82) is 5.26 Å². The van der Waals surface area contributed by atoms with E-state index in [2.05, 4.69) is 11.4 Å². The van der Waals surface area contributed by atoms with Gasteiger partial charge >= 0.3 is 0 Å². The zero-order valence-corrected chi connectivity index (χ0v) is 10.2. The highest BCUT2D eigenvalue weighted by molar-refractivity contribution is 4.91. The average Bonchev–Trinajstić information content (AvgIpc) is 2.70. The van der Waals surface area contributed by atoms with E-state index in [4.69, 9.17) is 5.26 Å². The van der Waals surface area contributed by atoms with Crippen LogP contribution in [0.2, 0.25) is 0 Å². The Bertz CT molecular complexity index is 209. The Morgan fingerprint density at radius 1 is 1.27 bits per heavy atom. The maximum absolute atomic E-state index is 8.86. The summed E-state index contributed by atoms with van der Waals surface area (Å²) in [5, 5.41) is 12.5. The van der Waals surface area contributed by atoms with Crippen molar-refractivity contribution in [2.45, 2.75) is 64.8 Å². The minimum Gasteiger partial charge on any atom is -0.314 e. The molecular formula is C13H24N2. The maximum atomic E-state index is 8.86. The summed E-state index contributed by atoms with van der Waals surface area (Å²) < 4.78 is 0. The molecule has 0 radical (unpaired) electrons. The molecule has 1 aliphatic rings. The van der Waals surface area contributed by atoms with Gasteiger partial charge in [0.25, 0.3) is 0 Å². The number of nitriles is 1. The summed E-state index contributed by atoms with van der Waals surface area (Å²) in [6.07, 6.45) is 8.93. The predicted molar refractivity (Wildman–Crippen MR) is 63.5 cm³/mol. The van der Waals surface area contributed by atoms with Gasteiger partial charge in [-0.25, -0.2) is 0 Å². The third-order valence-electron chi connectivity index (χ3n) is 3.32. The molecule has 2 heteroatoms. The fraction of sp³-hybridized carbons (Fsp3) is 0.923. The van der Waals surface area contributed by atoms with Gasteiger partial charge in [0.2, 0.25) is 0 Å². The van der Waals surface area contributed by atoms with Crippen molar-refractivity contribution in [1.82, 2.24) is 5.32 Å². The molecule has 1 saturated carbocycles. The fourth-order valence-corrected chi connectivity index (χ4v) is 2.18. The first-order valence-corrected chi connectivity index (χ1v) is 6.29. The Labute approximate surface area is 94.1 Å². The van der Waals surface area contributed by atoms with Crippen molar-refractivity contribution in [3.05, 3.63) is 0 Å². The lowest BCUT2D eigenvalue weighted by Crippen LogP contribution is -2.27. The van der Waals surface area contributed by atoms with Crippen LogP contribution in [0.15, 0.2) is 0 Å². The lowest BCUT2D eigenvalue weighted by molar-refractivity contribution is 0.414. The highest BCUT2D eigenvalue weighted by Crippen LogP contribution is 2.21. The smallest absolute Gasteiger partial charge is 0.0683 e. The molecule has 0 unspecified atom stereocenters. The number of hydrogen-bond donors (Lipinski definition) is 1. The summed E-state index contributed by atoms with van der Waals surface area (Å²) in [7, 11) is 0. The lowest BCUT2D eigenvalue weighted by atomic mass is 9.89. The predicted octanol–water partition coefficient (Wildman–Crippen LogP) is 3.24. The van der Waals surface area contributed by atoms with Crippen LogP contribution in [-0.2, 0) is 0 Å². The van der Waals surface area contributed by atoms with E-state index in [9.17, 15) is 0 Å². The molecule has 0 spiro atoms. The van der Waals surface area contributed by atoms with Gasteiger partial charge in [0.1, 0.15) is 0 Å². The topological polar surface area (TPSA) is 35.8 Å². The van der Waals surface area contributed by atoms with Crippen LogP contribution in [-0.4, -0.2) is 12.6 Å². The third-order valence-corrected chi connectivity index (χ3v) is 3.32. The van der Waals surface area contributed by atoms with Crippen LogP contribution >= 0.6 is 0 Å². The molecule has 15 heavy (non-hydrogen) atoms. The second kappa shape index (κ2) is 6.12. The molecule has 1 fully saturated rings. The molecule has 0 aromatic heterocycles. The minimum absolute atomic E-state index is 0.132. The van der Waals surface area contributed by atoms with Gasteiger partial charge in [-0.3, -0.25) is 0 Å². The Balaban J connectivity index is 1.95. The van der Waals surface area contributed by atoms with Gasteiger partial charge in [0.05, 0.1) is 11.5 Å². The average molecular weight is 208 g/mol. The molecule has 0 bridgehead atoms. The molecule has 0 atom stereocenters. The summed E-state index contributed by atoms with van der Waals surface area (Å²) >= 11 is 0. The van der Waals surface area contributed by atoms with Crippen LogP contribution in [0.25, 0.3) is 0 Å². The zero-order valence-electron chi connectivity index (χ0n) is 10.2. The van der Waals surface area contributed by atoms with Crippen molar-refractivity contribution in [3.8, 4) is 6.07 Å². The fourth-order valence-electron chi connectivity index (χ4n) is 2.18. The summed E-state index contributed by atoms with van der Waals surface area (Å²) in [6.45, 7) is 5.18. The van der Waals surface area contributed by atoms with Crippen LogP contribution in [0, 0.1) is 16.7 Å². The molecule has 1 aliphatic carbocycles. The number of unbranched alkanes of at least 4 members (excludes halogenated alkanes) is 1. The SMILES string of the molecule is CC(C)(C#N)CCCCNC1CCCC1. The van der Waals surface area contributed by atoms with E-state index in [1.54, 1.807) is 0 Å². The van der Waals surface area contributed by atoms with E-state index < -0.39 is 0 Å². The van der Waals surface area contributed by atoms with Crippen molar-refractivity contribution in [3.63, 3.8) is 0 Å². The van der Waals surface area contributed by atoms with E-state index in [-0.39, 0.29) is 5.41 Å². The standard InChI is InChI=1S/C13H24N2/c1-13(2,11-14)9-5-6-10-15-12-7-3-4-8-12/h12,15H,3-10H2,1-2H3. The number of rotatable bonds is 6. The Morgan fingerprint density at radius 2 is 1.93 bits per heavy atom.